The van der Waals surface area contributed by atoms with Crippen LogP contribution in [0.25, 0.3) is 0 Å². The zero-order valence-corrected chi connectivity index (χ0v) is 12.8. The topological polar surface area (TPSA) is 54.4 Å². The van der Waals surface area contributed by atoms with Gasteiger partial charge in [-0.1, -0.05) is 56.2 Å². The van der Waals surface area contributed by atoms with Crippen LogP contribution in [-0.4, -0.2) is 16.6 Å². The van der Waals surface area contributed by atoms with Crippen LogP contribution in [0, 0.1) is 0 Å². The zero-order valence-electron chi connectivity index (χ0n) is 12.8. The van der Waals surface area contributed by atoms with Crippen LogP contribution in [0.5, 0.6) is 0 Å². The summed E-state index contributed by atoms with van der Waals surface area (Å²) in [4.78, 5) is 16.1. The summed E-state index contributed by atoms with van der Waals surface area (Å²) in [6.07, 6.45) is 5.81. The third-order valence-electron chi connectivity index (χ3n) is 3.31. The molecule has 0 fully saturated rings. The number of nitrogens with one attached hydrogen (secondary N) is 1. The van der Waals surface area contributed by atoms with E-state index < -0.39 is 0 Å². The first kappa shape index (κ1) is 15.9. The highest BCUT2D eigenvalue weighted by Gasteiger charge is 2.07. The lowest BCUT2D eigenvalue weighted by Crippen LogP contribution is -2.21. The molecular weight excluding hydrogens is 274 g/mol. The number of nitrogens with zero attached hydrogens (tertiary/aromatic N) is 2. The molecule has 1 aromatic heterocycles. The number of pyridine rings is 1. The van der Waals surface area contributed by atoms with Crippen LogP contribution in [0.4, 0.5) is 0 Å². The number of aromatic nitrogens is 1. The lowest BCUT2D eigenvalue weighted by Gasteiger charge is -2.07. The quantitative estimate of drug-likeness (QED) is 0.480. The molecule has 0 bridgehead atoms. The highest BCUT2D eigenvalue weighted by atomic mass is 16.2. The van der Waals surface area contributed by atoms with Gasteiger partial charge in [-0.3, -0.25) is 9.78 Å². The second-order valence-electron chi connectivity index (χ2n) is 5.04. The maximum absolute atomic E-state index is 12.0. The molecule has 0 unspecified atom stereocenters. The lowest BCUT2D eigenvalue weighted by molar-refractivity contribution is 0.0950. The van der Waals surface area contributed by atoms with Crippen LogP contribution >= 0.6 is 0 Å². The first-order valence-electron chi connectivity index (χ1n) is 7.64. The van der Waals surface area contributed by atoms with Crippen molar-refractivity contribution in [2.24, 2.45) is 5.10 Å². The van der Waals surface area contributed by atoms with Gasteiger partial charge in [-0.25, -0.2) is 5.43 Å². The summed E-state index contributed by atoms with van der Waals surface area (Å²) in [6, 6.07) is 15.2. The molecule has 0 aliphatic heterocycles. The molecule has 1 amide bonds. The van der Waals surface area contributed by atoms with E-state index in [1.54, 1.807) is 24.4 Å². The van der Waals surface area contributed by atoms with E-state index in [0.717, 1.165) is 37.0 Å². The summed E-state index contributed by atoms with van der Waals surface area (Å²) in [5, 5.41) is 4.32. The second-order valence-corrected chi connectivity index (χ2v) is 5.04. The molecule has 1 heterocycles. The van der Waals surface area contributed by atoms with Crippen molar-refractivity contribution in [3.8, 4) is 0 Å². The van der Waals surface area contributed by atoms with E-state index in [1.807, 2.05) is 30.3 Å². The van der Waals surface area contributed by atoms with Gasteiger partial charge in [0.15, 0.2) is 0 Å². The molecule has 0 spiro atoms. The van der Waals surface area contributed by atoms with Gasteiger partial charge in [0.05, 0.1) is 5.71 Å². The minimum atomic E-state index is -0.287. The van der Waals surface area contributed by atoms with Crippen molar-refractivity contribution in [2.45, 2.75) is 32.6 Å². The highest BCUT2D eigenvalue weighted by molar-refractivity contribution is 6.01. The Labute approximate surface area is 131 Å². The second kappa shape index (κ2) is 8.72. The van der Waals surface area contributed by atoms with E-state index in [2.05, 4.69) is 22.4 Å². The van der Waals surface area contributed by atoms with E-state index in [9.17, 15) is 4.79 Å². The van der Waals surface area contributed by atoms with Gasteiger partial charge in [0.1, 0.15) is 5.69 Å². The summed E-state index contributed by atoms with van der Waals surface area (Å²) in [5.41, 5.74) is 4.92. The molecule has 1 aromatic carbocycles. The SMILES string of the molecule is CCCCC/C(=N/NC(=O)c1ccccn1)c1ccccc1. The zero-order chi connectivity index (χ0) is 15.6. The smallest absolute Gasteiger partial charge is 0.266 e. The van der Waals surface area contributed by atoms with Gasteiger partial charge < -0.3 is 0 Å². The molecule has 0 aliphatic carbocycles. The van der Waals surface area contributed by atoms with Gasteiger partial charge in [-0.05, 0) is 30.5 Å². The van der Waals surface area contributed by atoms with Crippen LogP contribution in [0.15, 0.2) is 59.8 Å². The largest absolute Gasteiger partial charge is 0.289 e. The number of unbranched alkanes of at least 4 members (excludes halogenated alkanes) is 2. The number of amides is 1. The van der Waals surface area contributed by atoms with Crippen molar-refractivity contribution in [3.63, 3.8) is 0 Å². The molecule has 0 atom stereocenters. The Morgan fingerprint density at radius 1 is 1.09 bits per heavy atom. The van der Waals surface area contributed by atoms with Crippen molar-refractivity contribution >= 4 is 11.6 Å². The van der Waals surface area contributed by atoms with E-state index in [0.29, 0.717) is 5.69 Å². The first-order chi connectivity index (χ1) is 10.8. The Kier molecular flexibility index (Phi) is 6.30. The predicted molar refractivity (Wildman–Crippen MR) is 88.8 cm³/mol. The number of hydrogen-bond donors (Lipinski definition) is 1. The lowest BCUT2D eigenvalue weighted by atomic mass is 10.0. The number of benzene rings is 1. The Morgan fingerprint density at radius 3 is 2.55 bits per heavy atom. The van der Waals surface area contributed by atoms with Crippen LogP contribution < -0.4 is 5.43 Å². The average molecular weight is 295 g/mol. The summed E-state index contributed by atoms with van der Waals surface area (Å²) in [5.74, 6) is -0.287. The minimum absolute atomic E-state index is 0.287. The molecule has 22 heavy (non-hydrogen) atoms. The van der Waals surface area contributed by atoms with Gasteiger partial charge in [-0.15, -0.1) is 0 Å². The van der Waals surface area contributed by atoms with Gasteiger partial charge >= 0.3 is 0 Å². The predicted octanol–water partition coefficient (Wildman–Crippen LogP) is 3.80. The molecule has 0 radical (unpaired) electrons. The molecule has 0 saturated heterocycles. The molecule has 2 aromatic rings. The summed E-state index contributed by atoms with van der Waals surface area (Å²) in [7, 11) is 0. The van der Waals surface area contributed by atoms with Crippen molar-refractivity contribution < 1.29 is 4.79 Å². The number of carbonyl (C=O) groups excluding carboxylic acids is 1. The van der Waals surface area contributed by atoms with E-state index in [4.69, 9.17) is 0 Å². The molecule has 0 aliphatic rings. The Balaban J connectivity index is 2.09. The fourth-order valence-corrected chi connectivity index (χ4v) is 2.11. The molecule has 4 heteroatoms. The van der Waals surface area contributed by atoms with Crippen LogP contribution in [0.2, 0.25) is 0 Å². The first-order valence-corrected chi connectivity index (χ1v) is 7.64. The van der Waals surface area contributed by atoms with Crippen molar-refractivity contribution in [2.75, 3.05) is 0 Å². The fourth-order valence-electron chi connectivity index (χ4n) is 2.11. The van der Waals surface area contributed by atoms with E-state index in [1.165, 1.54) is 0 Å². The normalized spacial score (nSPS) is 11.2. The maximum atomic E-state index is 12.0. The molecule has 2 rings (SSSR count). The van der Waals surface area contributed by atoms with Gasteiger partial charge in [0.25, 0.3) is 5.91 Å². The molecule has 114 valence electrons. The number of carbonyl (C=O) groups is 1. The maximum Gasteiger partial charge on any atom is 0.289 e. The summed E-state index contributed by atoms with van der Waals surface area (Å²) >= 11 is 0. The van der Waals surface area contributed by atoms with Crippen molar-refractivity contribution in [1.29, 1.82) is 0 Å². The van der Waals surface area contributed by atoms with E-state index in [-0.39, 0.29) is 5.91 Å². The molecular formula is C18H21N3O. The minimum Gasteiger partial charge on any atom is -0.266 e. The summed E-state index contributed by atoms with van der Waals surface area (Å²) < 4.78 is 0. The van der Waals surface area contributed by atoms with Crippen molar-refractivity contribution in [1.82, 2.24) is 10.4 Å². The number of hydrogen-bond acceptors (Lipinski definition) is 3. The van der Waals surface area contributed by atoms with Crippen LogP contribution in [0.1, 0.15) is 48.7 Å². The van der Waals surface area contributed by atoms with Crippen LogP contribution in [0.3, 0.4) is 0 Å². The van der Waals surface area contributed by atoms with Gasteiger partial charge in [-0.2, -0.15) is 5.10 Å². The fraction of sp³-hybridized carbons (Fsp3) is 0.278. The third-order valence-corrected chi connectivity index (χ3v) is 3.31. The molecule has 4 nitrogen and oxygen atoms in total. The van der Waals surface area contributed by atoms with E-state index >= 15 is 0 Å². The van der Waals surface area contributed by atoms with Crippen LogP contribution in [-0.2, 0) is 0 Å². The van der Waals surface area contributed by atoms with Gasteiger partial charge in [0, 0.05) is 6.20 Å². The van der Waals surface area contributed by atoms with Gasteiger partial charge in [0.2, 0.25) is 0 Å². The highest BCUT2D eigenvalue weighted by Crippen LogP contribution is 2.09. The molecule has 0 saturated carbocycles. The number of hydrazone groups is 1. The Hall–Kier alpha value is -2.49. The third kappa shape index (κ3) is 4.81. The Morgan fingerprint density at radius 2 is 1.86 bits per heavy atom. The number of rotatable bonds is 7. The Bertz CT molecular complexity index is 609. The molecule has 1 N–H and O–H groups in total. The summed E-state index contributed by atoms with van der Waals surface area (Å²) in [6.45, 7) is 2.17. The average Bonchev–Trinajstić information content (AvgIpc) is 2.59. The standard InChI is InChI=1S/C18H21N3O/c1-2-3-5-12-16(15-10-6-4-7-11-15)20-21-18(22)17-13-8-9-14-19-17/h4,6-11,13-14H,2-3,5,12H2,1H3,(H,21,22)/b20-16-. The van der Waals surface area contributed by atoms with Crippen molar-refractivity contribution in [3.05, 3.63) is 66.0 Å². The monoisotopic (exact) mass is 295 g/mol.